The molecule has 0 spiro atoms. The zero-order valence-electron chi connectivity index (χ0n) is 17.7. The summed E-state index contributed by atoms with van der Waals surface area (Å²) in [7, 11) is -3.66. The number of piperazine rings is 1. The Hall–Kier alpha value is -2.75. The van der Waals surface area contributed by atoms with Crippen LogP contribution in [0.5, 0.6) is 0 Å². The number of sulfonamides is 1. The number of hydrogen-bond acceptors (Lipinski definition) is 4. The lowest BCUT2D eigenvalue weighted by Gasteiger charge is -2.33. The molecule has 5 rings (SSSR count). The largest absolute Gasteiger partial charge is 0.335 e. The van der Waals surface area contributed by atoms with E-state index in [2.05, 4.69) is 5.10 Å². The van der Waals surface area contributed by atoms with Crippen LogP contribution in [0.4, 0.5) is 4.39 Å². The second-order valence-corrected chi connectivity index (χ2v) is 10.5. The van der Waals surface area contributed by atoms with Crippen LogP contribution in [0.1, 0.15) is 28.2 Å². The van der Waals surface area contributed by atoms with Gasteiger partial charge < -0.3 is 4.90 Å². The van der Waals surface area contributed by atoms with Gasteiger partial charge in [-0.2, -0.15) is 9.40 Å². The van der Waals surface area contributed by atoms with Crippen LogP contribution in [0.3, 0.4) is 0 Å². The zero-order valence-corrected chi connectivity index (χ0v) is 19.3. The van der Waals surface area contributed by atoms with E-state index in [-0.39, 0.29) is 37.0 Å². The molecule has 172 valence electrons. The second-order valence-electron chi connectivity index (χ2n) is 8.14. The molecule has 1 aromatic heterocycles. The molecule has 1 saturated heterocycles. The highest BCUT2D eigenvalue weighted by Gasteiger charge is 2.34. The van der Waals surface area contributed by atoms with Crippen molar-refractivity contribution in [2.24, 2.45) is 0 Å². The van der Waals surface area contributed by atoms with Crippen LogP contribution in [0.25, 0.3) is 5.69 Å². The number of aromatic nitrogens is 2. The Morgan fingerprint density at radius 2 is 1.67 bits per heavy atom. The van der Waals surface area contributed by atoms with Gasteiger partial charge in [-0.1, -0.05) is 23.7 Å². The summed E-state index contributed by atoms with van der Waals surface area (Å²) in [5.41, 5.74) is 2.39. The van der Waals surface area contributed by atoms with Gasteiger partial charge in [0.05, 0.1) is 4.90 Å². The fraction of sp³-hybridized carbons (Fsp3) is 0.304. The maximum Gasteiger partial charge on any atom is 0.274 e. The average Bonchev–Trinajstić information content (AvgIpc) is 3.43. The summed E-state index contributed by atoms with van der Waals surface area (Å²) in [4.78, 5) is 15.1. The standard InChI is InChI=1S/C23H22ClFN4O3S/c24-16-8-10-17(11-9-16)33(31,32)28-14-12-27(13-15-28)23(30)22-18-4-3-7-20(18)29(26-22)21-6-2-1-5-19(21)25/h1-2,5-6,8-11H,3-4,7,12-15H2. The Bertz CT molecular complexity index is 1320. The lowest BCUT2D eigenvalue weighted by atomic mass is 10.1. The molecule has 3 aromatic rings. The number of para-hydroxylation sites is 1. The van der Waals surface area contributed by atoms with Crippen molar-refractivity contribution in [3.63, 3.8) is 0 Å². The van der Waals surface area contributed by atoms with Crippen LogP contribution in [-0.2, 0) is 22.9 Å². The monoisotopic (exact) mass is 488 g/mol. The van der Waals surface area contributed by atoms with Crippen LogP contribution in [0.15, 0.2) is 53.4 Å². The van der Waals surface area contributed by atoms with E-state index in [0.717, 1.165) is 30.5 Å². The molecule has 1 fully saturated rings. The predicted octanol–water partition coefficient (Wildman–Crippen LogP) is 3.30. The minimum Gasteiger partial charge on any atom is -0.335 e. The van der Waals surface area contributed by atoms with Gasteiger partial charge in [0.1, 0.15) is 11.5 Å². The highest BCUT2D eigenvalue weighted by atomic mass is 35.5. The molecule has 1 aliphatic carbocycles. The smallest absolute Gasteiger partial charge is 0.274 e. The van der Waals surface area contributed by atoms with Gasteiger partial charge in [0.25, 0.3) is 5.91 Å². The van der Waals surface area contributed by atoms with E-state index in [9.17, 15) is 17.6 Å². The molecule has 0 saturated carbocycles. The van der Waals surface area contributed by atoms with E-state index in [1.165, 1.54) is 22.5 Å². The number of amides is 1. The van der Waals surface area contributed by atoms with E-state index in [4.69, 9.17) is 11.6 Å². The van der Waals surface area contributed by atoms with Crippen LogP contribution in [0.2, 0.25) is 5.02 Å². The number of carbonyl (C=O) groups excluding carboxylic acids is 1. The molecule has 2 heterocycles. The van der Waals surface area contributed by atoms with Crippen molar-refractivity contribution >= 4 is 27.5 Å². The Morgan fingerprint density at radius 1 is 0.970 bits per heavy atom. The fourth-order valence-electron chi connectivity index (χ4n) is 4.47. The van der Waals surface area contributed by atoms with Crippen LogP contribution >= 0.6 is 11.6 Å². The van der Waals surface area contributed by atoms with Crippen molar-refractivity contribution in [3.05, 3.63) is 76.3 Å². The molecule has 1 amide bonds. The van der Waals surface area contributed by atoms with Gasteiger partial charge in [0.15, 0.2) is 5.69 Å². The van der Waals surface area contributed by atoms with E-state index < -0.39 is 15.8 Å². The summed E-state index contributed by atoms with van der Waals surface area (Å²) in [6.45, 7) is 0.889. The Kier molecular flexibility index (Phi) is 5.72. The first-order chi connectivity index (χ1) is 15.9. The molecule has 33 heavy (non-hydrogen) atoms. The first-order valence-electron chi connectivity index (χ1n) is 10.8. The molecule has 0 N–H and O–H groups in total. The molecule has 0 radical (unpaired) electrons. The minimum atomic E-state index is -3.66. The molecular weight excluding hydrogens is 467 g/mol. The van der Waals surface area contributed by atoms with Crippen molar-refractivity contribution in [1.29, 1.82) is 0 Å². The number of fused-ring (bicyclic) bond motifs is 1. The van der Waals surface area contributed by atoms with E-state index >= 15 is 0 Å². The topological polar surface area (TPSA) is 75.5 Å². The van der Waals surface area contributed by atoms with Gasteiger partial charge in [-0.15, -0.1) is 0 Å². The Balaban J connectivity index is 1.35. The Labute approximate surface area is 196 Å². The van der Waals surface area contributed by atoms with Gasteiger partial charge in [-0.05, 0) is 55.7 Å². The molecule has 1 aliphatic heterocycles. The van der Waals surface area contributed by atoms with Crippen LogP contribution in [0, 0.1) is 5.82 Å². The molecule has 0 atom stereocenters. The van der Waals surface area contributed by atoms with E-state index in [1.54, 1.807) is 39.9 Å². The molecule has 2 aliphatic rings. The third kappa shape index (κ3) is 3.94. The summed E-state index contributed by atoms with van der Waals surface area (Å²) >= 11 is 5.87. The van der Waals surface area contributed by atoms with Gasteiger partial charge in [-0.3, -0.25) is 4.79 Å². The molecule has 0 unspecified atom stereocenters. The number of carbonyl (C=O) groups is 1. The van der Waals surface area contributed by atoms with Gasteiger partial charge in [0, 0.05) is 42.5 Å². The molecule has 7 nitrogen and oxygen atoms in total. The first kappa shape index (κ1) is 22.1. The molecule has 0 bridgehead atoms. The number of rotatable bonds is 4. The summed E-state index contributed by atoms with van der Waals surface area (Å²) in [6.07, 6.45) is 2.34. The normalized spacial score (nSPS) is 16.7. The fourth-order valence-corrected chi connectivity index (χ4v) is 6.02. The maximum absolute atomic E-state index is 14.4. The second kappa shape index (κ2) is 8.55. The van der Waals surface area contributed by atoms with Crippen molar-refractivity contribution in [2.45, 2.75) is 24.2 Å². The summed E-state index contributed by atoms with van der Waals surface area (Å²) in [5.74, 6) is -0.638. The lowest BCUT2D eigenvalue weighted by Crippen LogP contribution is -2.50. The average molecular weight is 489 g/mol. The summed E-state index contributed by atoms with van der Waals surface area (Å²) in [5, 5.41) is 4.97. The molecular formula is C23H22ClFN4O3S. The SMILES string of the molecule is O=C(c1nn(-c2ccccc2F)c2c1CCC2)N1CCN(S(=O)(=O)c2ccc(Cl)cc2)CC1. The number of nitrogens with zero attached hydrogens (tertiary/aromatic N) is 4. The number of benzene rings is 2. The van der Waals surface area contributed by atoms with Crippen molar-refractivity contribution in [1.82, 2.24) is 19.0 Å². The number of hydrogen-bond donors (Lipinski definition) is 0. The van der Waals surface area contributed by atoms with Crippen molar-refractivity contribution < 1.29 is 17.6 Å². The van der Waals surface area contributed by atoms with Crippen molar-refractivity contribution in [2.75, 3.05) is 26.2 Å². The third-order valence-electron chi connectivity index (χ3n) is 6.19. The van der Waals surface area contributed by atoms with Gasteiger partial charge in [0.2, 0.25) is 10.0 Å². The van der Waals surface area contributed by atoms with Gasteiger partial charge >= 0.3 is 0 Å². The van der Waals surface area contributed by atoms with E-state index in [1.807, 2.05) is 0 Å². The Morgan fingerprint density at radius 3 is 2.36 bits per heavy atom. The summed E-state index contributed by atoms with van der Waals surface area (Å²) < 4.78 is 43.2. The minimum absolute atomic E-state index is 0.174. The van der Waals surface area contributed by atoms with Crippen molar-refractivity contribution in [3.8, 4) is 5.69 Å². The first-order valence-corrected chi connectivity index (χ1v) is 12.6. The maximum atomic E-state index is 14.4. The number of halogens is 2. The highest BCUT2D eigenvalue weighted by Crippen LogP contribution is 2.30. The van der Waals surface area contributed by atoms with Crippen LogP contribution < -0.4 is 0 Å². The van der Waals surface area contributed by atoms with Gasteiger partial charge in [-0.25, -0.2) is 17.5 Å². The lowest BCUT2D eigenvalue weighted by molar-refractivity contribution is 0.0690. The highest BCUT2D eigenvalue weighted by molar-refractivity contribution is 7.89. The molecule has 2 aromatic carbocycles. The third-order valence-corrected chi connectivity index (χ3v) is 8.36. The van der Waals surface area contributed by atoms with E-state index in [0.29, 0.717) is 16.4 Å². The zero-order chi connectivity index (χ0) is 23.2. The summed E-state index contributed by atoms with van der Waals surface area (Å²) in [6, 6.07) is 12.4. The quantitative estimate of drug-likeness (QED) is 0.564. The molecule has 10 heteroatoms. The van der Waals surface area contributed by atoms with Crippen LogP contribution in [-0.4, -0.2) is 59.5 Å². The predicted molar refractivity (Wildman–Crippen MR) is 122 cm³/mol.